The number of carbonyl (C=O) groups excluding carboxylic acids is 1. The Morgan fingerprint density at radius 3 is 2.85 bits per heavy atom. The zero-order valence-corrected chi connectivity index (χ0v) is 12.3. The van der Waals surface area contributed by atoms with Gasteiger partial charge in [0.1, 0.15) is 5.75 Å². The molecular weight excluding hydrogens is 258 g/mol. The fourth-order valence-electron chi connectivity index (χ4n) is 1.60. The van der Waals surface area contributed by atoms with Gasteiger partial charge < -0.3 is 19.9 Å². The molecule has 0 bridgehead atoms. The first-order valence-electron chi connectivity index (χ1n) is 6.60. The SMILES string of the molecule is COCCC(C)(O)CNC(=O)COc1cccc(C)c1. The van der Waals surface area contributed by atoms with Gasteiger partial charge in [-0.2, -0.15) is 0 Å². The lowest BCUT2D eigenvalue weighted by Crippen LogP contribution is -2.42. The number of amides is 1. The maximum Gasteiger partial charge on any atom is 0.258 e. The number of benzene rings is 1. The highest BCUT2D eigenvalue weighted by Gasteiger charge is 2.20. The number of ether oxygens (including phenoxy) is 2. The molecule has 1 amide bonds. The van der Waals surface area contributed by atoms with Crippen LogP contribution in [-0.2, 0) is 9.53 Å². The molecule has 5 heteroatoms. The summed E-state index contributed by atoms with van der Waals surface area (Å²) < 4.78 is 10.3. The molecule has 0 aliphatic rings. The molecule has 5 nitrogen and oxygen atoms in total. The Morgan fingerprint density at radius 2 is 2.20 bits per heavy atom. The predicted molar refractivity (Wildman–Crippen MR) is 76.8 cm³/mol. The number of methoxy groups -OCH3 is 1. The van der Waals surface area contributed by atoms with Crippen LogP contribution in [0.25, 0.3) is 0 Å². The van der Waals surface area contributed by atoms with Gasteiger partial charge in [0.2, 0.25) is 0 Å². The third kappa shape index (κ3) is 6.54. The minimum Gasteiger partial charge on any atom is -0.484 e. The van der Waals surface area contributed by atoms with Gasteiger partial charge >= 0.3 is 0 Å². The fourth-order valence-corrected chi connectivity index (χ4v) is 1.60. The molecule has 1 atom stereocenters. The van der Waals surface area contributed by atoms with Crippen molar-refractivity contribution in [2.24, 2.45) is 0 Å². The number of aliphatic hydroxyl groups is 1. The summed E-state index contributed by atoms with van der Waals surface area (Å²) in [7, 11) is 1.57. The van der Waals surface area contributed by atoms with E-state index in [1.54, 1.807) is 20.1 Å². The predicted octanol–water partition coefficient (Wildman–Crippen LogP) is 1.28. The average molecular weight is 281 g/mol. The van der Waals surface area contributed by atoms with Crippen molar-refractivity contribution in [3.63, 3.8) is 0 Å². The lowest BCUT2D eigenvalue weighted by molar-refractivity contribution is -0.124. The molecule has 20 heavy (non-hydrogen) atoms. The van der Waals surface area contributed by atoms with E-state index in [1.165, 1.54) is 0 Å². The van der Waals surface area contributed by atoms with Gasteiger partial charge in [-0.25, -0.2) is 0 Å². The molecule has 0 aromatic heterocycles. The van der Waals surface area contributed by atoms with Gasteiger partial charge in [-0.15, -0.1) is 0 Å². The van der Waals surface area contributed by atoms with E-state index in [0.29, 0.717) is 18.8 Å². The van der Waals surface area contributed by atoms with Crippen LogP contribution >= 0.6 is 0 Å². The summed E-state index contributed by atoms with van der Waals surface area (Å²) in [5.41, 5.74) is 0.0973. The molecule has 2 N–H and O–H groups in total. The average Bonchev–Trinajstić information content (AvgIpc) is 2.41. The third-order valence-electron chi connectivity index (χ3n) is 2.87. The summed E-state index contributed by atoms with van der Waals surface area (Å²) >= 11 is 0. The van der Waals surface area contributed by atoms with Gasteiger partial charge in [0.25, 0.3) is 5.91 Å². The number of carbonyl (C=O) groups is 1. The van der Waals surface area contributed by atoms with E-state index in [0.717, 1.165) is 5.56 Å². The molecule has 0 saturated carbocycles. The molecule has 1 aromatic carbocycles. The van der Waals surface area contributed by atoms with Crippen molar-refractivity contribution in [1.82, 2.24) is 5.32 Å². The van der Waals surface area contributed by atoms with E-state index >= 15 is 0 Å². The number of hydrogen-bond donors (Lipinski definition) is 2. The lowest BCUT2D eigenvalue weighted by atomic mass is 10.0. The van der Waals surface area contributed by atoms with Crippen LogP contribution < -0.4 is 10.1 Å². The largest absolute Gasteiger partial charge is 0.484 e. The Morgan fingerprint density at radius 1 is 1.45 bits per heavy atom. The summed E-state index contributed by atoms with van der Waals surface area (Å²) in [6.45, 7) is 4.17. The van der Waals surface area contributed by atoms with Crippen LogP contribution in [0, 0.1) is 6.92 Å². The molecule has 0 fully saturated rings. The Hall–Kier alpha value is -1.59. The molecule has 0 aliphatic carbocycles. The van der Waals surface area contributed by atoms with Crippen LogP contribution in [0.3, 0.4) is 0 Å². The van der Waals surface area contributed by atoms with Gasteiger partial charge in [0.05, 0.1) is 5.60 Å². The zero-order chi connectivity index (χ0) is 15.0. The molecule has 1 unspecified atom stereocenters. The zero-order valence-electron chi connectivity index (χ0n) is 12.3. The maximum absolute atomic E-state index is 11.6. The van der Waals surface area contributed by atoms with Gasteiger partial charge in [-0.3, -0.25) is 4.79 Å². The highest BCUT2D eigenvalue weighted by Crippen LogP contribution is 2.12. The van der Waals surface area contributed by atoms with Crippen molar-refractivity contribution in [2.45, 2.75) is 25.9 Å². The van der Waals surface area contributed by atoms with Crippen LogP contribution in [0.2, 0.25) is 0 Å². The molecule has 1 rings (SSSR count). The smallest absolute Gasteiger partial charge is 0.258 e. The van der Waals surface area contributed by atoms with E-state index in [4.69, 9.17) is 9.47 Å². The van der Waals surface area contributed by atoms with Crippen molar-refractivity contribution in [3.05, 3.63) is 29.8 Å². The quantitative estimate of drug-likeness (QED) is 0.753. The summed E-state index contributed by atoms with van der Waals surface area (Å²) in [4.78, 5) is 11.6. The molecule has 112 valence electrons. The van der Waals surface area contributed by atoms with Gasteiger partial charge in [-0.1, -0.05) is 12.1 Å². The van der Waals surface area contributed by atoms with Gasteiger partial charge in [0, 0.05) is 26.7 Å². The second-order valence-electron chi connectivity index (χ2n) is 5.12. The van der Waals surface area contributed by atoms with E-state index in [1.807, 2.05) is 25.1 Å². The van der Waals surface area contributed by atoms with Crippen LogP contribution in [0.1, 0.15) is 18.9 Å². The topological polar surface area (TPSA) is 67.8 Å². The van der Waals surface area contributed by atoms with Crippen molar-refractivity contribution in [2.75, 3.05) is 26.9 Å². The van der Waals surface area contributed by atoms with Crippen LogP contribution in [0.4, 0.5) is 0 Å². The third-order valence-corrected chi connectivity index (χ3v) is 2.87. The Bertz CT molecular complexity index is 432. The molecule has 0 aliphatic heterocycles. The molecule has 0 radical (unpaired) electrons. The van der Waals surface area contributed by atoms with E-state index < -0.39 is 5.60 Å². The fraction of sp³-hybridized carbons (Fsp3) is 0.533. The summed E-state index contributed by atoms with van der Waals surface area (Å²) in [6.07, 6.45) is 0.461. The van der Waals surface area contributed by atoms with Crippen LogP contribution in [0.5, 0.6) is 5.75 Å². The Labute approximate surface area is 119 Å². The second kappa shape index (κ2) is 7.87. The minimum atomic E-state index is -0.977. The molecular formula is C15H23NO4. The Kier molecular flexibility index (Phi) is 6.48. The summed E-state index contributed by atoms with van der Waals surface area (Å²) in [6, 6.07) is 7.50. The maximum atomic E-state index is 11.6. The standard InChI is InChI=1S/C15H23NO4/c1-12-5-4-6-13(9-12)20-10-14(17)16-11-15(2,18)7-8-19-3/h4-6,9,18H,7-8,10-11H2,1-3H3,(H,16,17). The summed E-state index contributed by atoms with van der Waals surface area (Å²) in [5, 5.41) is 12.6. The monoisotopic (exact) mass is 281 g/mol. The van der Waals surface area contributed by atoms with Crippen LogP contribution in [0.15, 0.2) is 24.3 Å². The van der Waals surface area contributed by atoms with Crippen molar-refractivity contribution in [1.29, 1.82) is 0 Å². The number of rotatable bonds is 8. The minimum absolute atomic E-state index is 0.0657. The van der Waals surface area contributed by atoms with Crippen molar-refractivity contribution < 1.29 is 19.4 Å². The first kappa shape index (κ1) is 16.5. The number of aryl methyl sites for hydroxylation is 1. The van der Waals surface area contributed by atoms with Crippen molar-refractivity contribution >= 4 is 5.91 Å². The first-order valence-corrected chi connectivity index (χ1v) is 6.60. The molecule has 0 saturated heterocycles. The molecule has 0 spiro atoms. The van der Waals surface area contributed by atoms with E-state index in [-0.39, 0.29) is 19.1 Å². The summed E-state index contributed by atoms with van der Waals surface area (Å²) in [5.74, 6) is 0.399. The Balaban J connectivity index is 2.30. The molecule has 1 aromatic rings. The first-order chi connectivity index (χ1) is 9.43. The van der Waals surface area contributed by atoms with Crippen LogP contribution in [-0.4, -0.2) is 43.5 Å². The highest BCUT2D eigenvalue weighted by molar-refractivity contribution is 5.77. The second-order valence-corrected chi connectivity index (χ2v) is 5.12. The number of nitrogens with one attached hydrogen (secondary N) is 1. The normalized spacial score (nSPS) is 13.6. The van der Waals surface area contributed by atoms with E-state index in [2.05, 4.69) is 5.32 Å². The van der Waals surface area contributed by atoms with E-state index in [9.17, 15) is 9.90 Å². The molecule has 0 heterocycles. The lowest BCUT2D eigenvalue weighted by Gasteiger charge is -2.23. The van der Waals surface area contributed by atoms with Gasteiger partial charge in [0.15, 0.2) is 6.61 Å². The highest BCUT2D eigenvalue weighted by atomic mass is 16.5. The van der Waals surface area contributed by atoms with Crippen molar-refractivity contribution in [3.8, 4) is 5.75 Å². The van der Waals surface area contributed by atoms with Gasteiger partial charge in [-0.05, 0) is 31.5 Å². The number of hydrogen-bond acceptors (Lipinski definition) is 4.